The van der Waals surface area contributed by atoms with E-state index in [-0.39, 0.29) is 52.0 Å². The summed E-state index contributed by atoms with van der Waals surface area (Å²) in [5.41, 5.74) is 13.2. The number of carboxylic acid groups (broad SMARTS) is 2. The Morgan fingerprint density at radius 2 is 1.10 bits per heavy atom. The molecule has 2 aromatic heterocycles. The van der Waals surface area contributed by atoms with Crippen LogP contribution in [0.2, 0.25) is 0 Å². The topological polar surface area (TPSA) is 207 Å². The fourth-order valence-corrected chi connectivity index (χ4v) is 1.83. The molecule has 6 N–H and O–H groups in total. The van der Waals surface area contributed by atoms with Gasteiger partial charge in [-0.2, -0.15) is 0 Å². The number of carbonyl (C=O) groups is 2. The largest absolute Gasteiger partial charge is 0.664 e. The maximum absolute atomic E-state index is 10.8. The molecule has 0 fully saturated rings. The molecule has 0 aromatic carbocycles. The van der Waals surface area contributed by atoms with Crippen LogP contribution in [0, 0.1) is 0 Å². The van der Waals surface area contributed by atoms with Crippen molar-refractivity contribution < 1.29 is 69.0 Å². The fraction of sp³-hybridized carbons (Fsp3) is 0.250. The predicted octanol–water partition coefficient (Wildman–Crippen LogP) is 0.114. The van der Waals surface area contributed by atoms with Gasteiger partial charge < -0.3 is 41.0 Å². The van der Waals surface area contributed by atoms with E-state index in [0.717, 1.165) is 24.5 Å². The first-order valence-corrected chi connectivity index (χ1v) is 7.67. The Morgan fingerprint density at radius 3 is 1.33 bits per heavy atom. The van der Waals surface area contributed by atoms with E-state index in [2.05, 4.69) is 0 Å². The molecule has 156 valence electrons. The number of aromatic nitrogens is 2. The first-order chi connectivity index (χ1) is 13.0. The number of carboxylic acids is 2. The van der Waals surface area contributed by atoms with Gasteiger partial charge in [0.2, 0.25) is 10.9 Å². The maximum atomic E-state index is 10.8. The third kappa shape index (κ3) is 9.88. The first kappa shape index (κ1) is 29.8. The Labute approximate surface area is 195 Å². The fourth-order valence-electron chi connectivity index (χ4n) is 1.83. The average Bonchev–Trinajstić information content (AvgIpc) is 2.61. The first-order valence-electron chi connectivity index (χ1n) is 7.67. The summed E-state index contributed by atoms with van der Waals surface area (Å²) in [6.07, 6.45) is 4.86. The molecule has 0 aliphatic rings. The van der Waals surface area contributed by atoms with Crippen molar-refractivity contribution in [2.24, 2.45) is 0 Å². The molecule has 2 aromatic rings. The summed E-state index contributed by atoms with van der Waals surface area (Å²) in [4.78, 5) is 42.2. The van der Waals surface area contributed by atoms with Gasteiger partial charge in [-0.1, -0.05) is 0 Å². The molecule has 0 amide bonds. The van der Waals surface area contributed by atoms with Crippen molar-refractivity contribution in [2.45, 2.75) is 25.2 Å². The van der Waals surface area contributed by atoms with E-state index in [1.807, 2.05) is 0 Å². The van der Waals surface area contributed by atoms with Crippen molar-refractivity contribution in [2.75, 3.05) is 0 Å². The van der Waals surface area contributed by atoms with Crippen LogP contribution in [0.15, 0.2) is 46.5 Å². The van der Waals surface area contributed by atoms with E-state index < -0.39 is 46.4 Å². The quantitative estimate of drug-likeness (QED) is 0.380. The summed E-state index contributed by atoms with van der Waals surface area (Å²) in [5, 5.41) is 34.9. The predicted molar refractivity (Wildman–Crippen MR) is 96.2 cm³/mol. The van der Waals surface area contributed by atoms with E-state index in [9.17, 15) is 19.2 Å². The molecule has 0 saturated heterocycles. The minimum absolute atomic E-state index is 0. The Bertz CT molecular complexity index is 885. The van der Waals surface area contributed by atoms with E-state index in [4.69, 9.17) is 31.9 Å². The Hall–Kier alpha value is -2.39. The summed E-state index contributed by atoms with van der Waals surface area (Å²) in [6, 6.07) is -0.387. The number of hydrogen-bond acceptors (Lipinski definition) is 6. The van der Waals surface area contributed by atoms with Crippen LogP contribution < -0.4 is 10.9 Å². The van der Waals surface area contributed by atoms with Crippen LogP contribution in [0.25, 0.3) is 11.5 Å². The molecule has 2 rings (SSSR count). The van der Waals surface area contributed by atoms with Crippen LogP contribution in [0.5, 0.6) is 11.5 Å². The van der Waals surface area contributed by atoms with Crippen molar-refractivity contribution in [1.29, 1.82) is 0 Å². The zero-order valence-electron chi connectivity index (χ0n) is 15.8. The van der Waals surface area contributed by atoms with Crippen molar-refractivity contribution >= 4 is 11.9 Å². The SMILES string of the molecule is [NH-][C@@H](Cn1ccc(=O)c(O)c1)C(=O)O.[NH-][C@@H](Cn1ccc(=O)c(O)c1)C(=O)O.[Zn].[Zn]. The summed E-state index contributed by atoms with van der Waals surface area (Å²) >= 11 is 0. The molecule has 0 spiro atoms. The second-order valence-corrected chi connectivity index (χ2v) is 5.56. The Balaban J connectivity index is 0. The van der Waals surface area contributed by atoms with Gasteiger partial charge >= 0.3 is 0 Å². The second kappa shape index (κ2) is 13.8. The van der Waals surface area contributed by atoms with Crippen molar-refractivity contribution in [3.8, 4) is 11.5 Å². The second-order valence-electron chi connectivity index (χ2n) is 5.56. The smallest absolute Gasteiger partial charge is 0.287 e. The number of aromatic hydroxyl groups is 2. The van der Waals surface area contributed by atoms with Gasteiger partial charge in [-0.3, -0.25) is 19.2 Å². The molecule has 0 unspecified atom stereocenters. The van der Waals surface area contributed by atoms with E-state index in [0.29, 0.717) is 0 Å². The molecule has 0 radical (unpaired) electrons. The molecule has 2 heterocycles. The summed E-state index contributed by atoms with van der Waals surface area (Å²) in [7, 11) is 0. The van der Waals surface area contributed by atoms with Crippen molar-refractivity contribution in [3.05, 3.63) is 68.8 Å². The van der Waals surface area contributed by atoms with Gasteiger partial charge in [0.05, 0.1) is 0 Å². The number of hydrogen-bond donors (Lipinski definition) is 4. The molecule has 14 heteroatoms. The van der Waals surface area contributed by atoms with E-state index in [1.165, 1.54) is 21.5 Å². The van der Waals surface area contributed by atoms with Crippen molar-refractivity contribution in [3.63, 3.8) is 0 Å². The van der Waals surface area contributed by atoms with Gasteiger partial charge in [-0.05, 0) is 12.1 Å². The number of rotatable bonds is 6. The zero-order valence-corrected chi connectivity index (χ0v) is 21.7. The number of nitrogens with zero attached hydrogens (tertiary/aromatic N) is 2. The van der Waals surface area contributed by atoms with Crippen molar-refractivity contribution in [1.82, 2.24) is 9.13 Å². The Kier molecular flexibility index (Phi) is 13.7. The third-order valence-electron chi connectivity index (χ3n) is 3.30. The summed E-state index contributed by atoms with van der Waals surface area (Å²) < 4.78 is 2.56. The molecule has 0 saturated carbocycles. The van der Waals surface area contributed by atoms with Crippen LogP contribution in [-0.4, -0.2) is 53.6 Å². The minimum atomic E-state index is -1.31. The molecule has 30 heavy (non-hydrogen) atoms. The number of aliphatic carboxylic acids is 2. The molecule has 0 aliphatic heterocycles. The summed E-state index contributed by atoms with van der Waals surface area (Å²) in [6.45, 7) is -0.216. The number of nitrogens with one attached hydrogen (secondary N) is 2. The Morgan fingerprint density at radius 1 is 0.800 bits per heavy atom. The van der Waals surface area contributed by atoms with Gasteiger partial charge in [0, 0.05) is 89.0 Å². The van der Waals surface area contributed by atoms with Crippen LogP contribution >= 0.6 is 0 Å². The van der Waals surface area contributed by atoms with Gasteiger partial charge in [-0.15, -0.1) is 0 Å². The maximum Gasteiger partial charge on any atom is 0.287 e. The molecular weight excluding hydrogens is 507 g/mol. The molecule has 0 aliphatic carbocycles. The monoisotopic (exact) mass is 522 g/mol. The molecule has 12 nitrogen and oxygen atoms in total. The van der Waals surface area contributed by atoms with Crippen LogP contribution in [0.4, 0.5) is 0 Å². The van der Waals surface area contributed by atoms with E-state index in [1.54, 1.807) is 0 Å². The van der Waals surface area contributed by atoms with E-state index >= 15 is 0 Å². The zero-order chi connectivity index (χ0) is 21.4. The summed E-state index contributed by atoms with van der Waals surface area (Å²) in [5.74, 6) is -3.40. The standard InChI is InChI=1S/2C8H9N2O4.2Zn/c2*9-5(8(13)14)3-10-2-1-6(11)7(12)4-10;;/h2*1-2,4-5,9,12H,3H2,(H,13,14);;/q2*-1;;/t2*5-;;/m00../s1. The molecular formula is C16H18N4O8Zn2-2. The van der Waals surface area contributed by atoms with Gasteiger partial charge in [-0.25, -0.2) is 0 Å². The minimum Gasteiger partial charge on any atom is -0.664 e. The molecule has 2 atom stereocenters. The molecule has 0 bridgehead atoms. The van der Waals surface area contributed by atoms with Crippen LogP contribution in [0.3, 0.4) is 0 Å². The van der Waals surface area contributed by atoms with Crippen LogP contribution in [-0.2, 0) is 61.6 Å². The third-order valence-corrected chi connectivity index (χ3v) is 3.30. The van der Waals surface area contributed by atoms with Gasteiger partial charge in [0.25, 0.3) is 11.9 Å². The van der Waals surface area contributed by atoms with Gasteiger partial charge in [0.15, 0.2) is 11.5 Å². The average molecular weight is 525 g/mol. The van der Waals surface area contributed by atoms with Crippen LogP contribution in [0.1, 0.15) is 0 Å². The number of pyridine rings is 2. The normalized spacial score (nSPS) is 11.5. The van der Waals surface area contributed by atoms with Gasteiger partial charge in [0.1, 0.15) is 0 Å².